The number of halogens is 1. The fourth-order valence-corrected chi connectivity index (χ4v) is 3.91. The SMILES string of the molecule is Cn1cnnc1C1CCN(C(=O)[C@H]2Cc3cc(Cl)ccc3N2)CC1. The second kappa shape index (κ2) is 6.09. The number of carbonyl (C=O) groups excluding carboxylic acids is 1. The number of nitrogens with one attached hydrogen (secondary N) is 1. The van der Waals surface area contributed by atoms with E-state index in [4.69, 9.17) is 11.6 Å². The van der Waals surface area contributed by atoms with Gasteiger partial charge in [-0.3, -0.25) is 4.79 Å². The number of benzene rings is 1. The van der Waals surface area contributed by atoms with Crippen molar-refractivity contribution in [2.75, 3.05) is 18.4 Å². The molecule has 0 unspecified atom stereocenters. The third-order valence-electron chi connectivity index (χ3n) is 5.04. The Bertz CT molecular complexity index is 766. The zero-order valence-corrected chi connectivity index (χ0v) is 14.3. The summed E-state index contributed by atoms with van der Waals surface area (Å²) < 4.78 is 1.97. The molecule has 0 saturated carbocycles. The van der Waals surface area contributed by atoms with Crippen LogP contribution in [-0.4, -0.2) is 44.7 Å². The van der Waals surface area contributed by atoms with Gasteiger partial charge in [0.2, 0.25) is 5.91 Å². The minimum absolute atomic E-state index is 0.176. The molecule has 2 aromatic rings. The van der Waals surface area contributed by atoms with Gasteiger partial charge < -0.3 is 14.8 Å². The minimum atomic E-state index is -0.176. The molecule has 0 radical (unpaired) electrons. The molecule has 0 spiro atoms. The van der Waals surface area contributed by atoms with Crippen molar-refractivity contribution < 1.29 is 4.79 Å². The average Bonchev–Trinajstić information content (AvgIpc) is 3.20. The Morgan fingerprint density at radius 1 is 1.33 bits per heavy atom. The first-order valence-electron chi connectivity index (χ1n) is 8.29. The van der Waals surface area contributed by atoms with Crippen molar-refractivity contribution in [1.82, 2.24) is 19.7 Å². The lowest BCUT2D eigenvalue weighted by Gasteiger charge is -2.33. The molecule has 1 fully saturated rings. The maximum absolute atomic E-state index is 12.8. The van der Waals surface area contributed by atoms with Crippen LogP contribution in [0.2, 0.25) is 5.02 Å². The highest BCUT2D eigenvalue weighted by molar-refractivity contribution is 6.30. The predicted octanol–water partition coefficient (Wildman–Crippen LogP) is 2.21. The Balaban J connectivity index is 1.38. The summed E-state index contributed by atoms with van der Waals surface area (Å²) in [7, 11) is 1.97. The number of nitrogens with zero attached hydrogens (tertiary/aromatic N) is 4. The molecule has 4 rings (SSSR count). The summed E-state index contributed by atoms with van der Waals surface area (Å²) in [6, 6.07) is 5.57. The quantitative estimate of drug-likeness (QED) is 0.906. The number of fused-ring (bicyclic) bond motifs is 1. The summed E-state index contributed by atoms with van der Waals surface area (Å²) in [4.78, 5) is 14.8. The molecule has 1 atom stereocenters. The van der Waals surface area contributed by atoms with Crippen LogP contribution < -0.4 is 5.32 Å². The Labute approximate surface area is 145 Å². The van der Waals surface area contributed by atoms with Crippen molar-refractivity contribution in [3.05, 3.63) is 40.9 Å². The fraction of sp³-hybridized carbons (Fsp3) is 0.471. The van der Waals surface area contributed by atoms with Gasteiger partial charge in [-0.2, -0.15) is 0 Å². The number of aromatic nitrogens is 3. The molecule has 1 amide bonds. The molecule has 1 aromatic carbocycles. The van der Waals surface area contributed by atoms with E-state index in [2.05, 4.69) is 15.5 Å². The standard InChI is InChI=1S/C17H20ClN5O/c1-22-10-19-21-16(22)11-4-6-23(7-5-11)17(24)15-9-12-8-13(18)2-3-14(12)20-15/h2-3,8,10-11,15,20H,4-7,9H2,1H3/t15-/m1/s1. The number of carbonyl (C=O) groups is 1. The Morgan fingerprint density at radius 2 is 2.12 bits per heavy atom. The maximum Gasteiger partial charge on any atom is 0.245 e. The highest BCUT2D eigenvalue weighted by Crippen LogP contribution is 2.31. The molecule has 126 valence electrons. The molecule has 3 heterocycles. The summed E-state index contributed by atoms with van der Waals surface area (Å²) in [5.41, 5.74) is 2.14. The van der Waals surface area contributed by atoms with E-state index >= 15 is 0 Å². The Hall–Kier alpha value is -2.08. The van der Waals surface area contributed by atoms with E-state index in [0.717, 1.165) is 43.0 Å². The number of piperidine rings is 1. The van der Waals surface area contributed by atoms with Crippen LogP contribution >= 0.6 is 11.6 Å². The molecule has 1 N–H and O–H groups in total. The molecular weight excluding hydrogens is 326 g/mol. The van der Waals surface area contributed by atoms with Gasteiger partial charge in [0.1, 0.15) is 18.2 Å². The number of likely N-dealkylation sites (tertiary alicyclic amines) is 1. The summed E-state index contributed by atoms with van der Waals surface area (Å²) in [6.07, 6.45) is 4.31. The van der Waals surface area contributed by atoms with Crippen LogP contribution in [0.4, 0.5) is 5.69 Å². The fourth-order valence-electron chi connectivity index (χ4n) is 3.72. The first kappa shape index (κ1) is 15.4. The number of hydrogen-bond acceptors (Lipinski definition) is 4. The van der Waals surface area contributed by atoms with Crippen molar-refractivity contribution in [2.24, 2.45) is 7.05 Å². The van der Waals surface area contributed by atoms with Gasteiger partial charge >= 0.3 is 0 Å². The Morgan fingerprint density at radius 3 is 2.83 bits per heavy atom. The maximum atomic E-state index is 12.8. The van der Waals surface area contributed by atoms with Crippen LogP contribution in [0.1, 0.15) is 30.1 Å². The normalized spacial score (nSPS) is 20.8. The van der Waals surface area contributed by atoms with Crippen molar-refractivity contribution in [2.45, 2.75) is 31.2 Å². The second-order valence-corrected chi connectivity index (χ2v) is 7.04. The number of anilines is 1. The molecule has 2 aliphatic heterocycles. The van der Waals surface area contributed by atoms with Crippen molar-refractivity contribution in [1.29, 1.82) is 0 Å². The van der Waals surface area contributed by atoms with Gasteiger partial charge in [0.15, 0.2) is 0 Å². The second-order valence-electron chi connectivity index (χ2n) is 6.60. The first-order chi connectivity index (χ1) is 11.6. The summed E-state index contributed by atoms with van der Waals surface area (Å²) in [5, 5.41) is 12.2. The first-order valence-corrected chi connectivity index (χ1v) is 8.67. The molecule has 2 aliphatic rings. The summed E-state index contributed by atoms with van der Waals surface area (Å²) in [6.45, 7) is 1.54. The zero-order valence-electron chi connectivity index (χ0n) is 13.6. The lowest BCUT2D eigenvalue weighted by atomic mass is 9.95. The average molecular weight is 346 g/mol. The third-order valence-corrected chi connectivity index (χ3v) is 5.27. The lowest BCUT2D eigenvalue weighted by Crippen LogP contribution is -2.45. The highest BCUT2D eigenvalue weighted by Gasteiger charge is 2.33. The van der Waals surface area contributed by atoms with Crippen molar-refractivity contribution >= 4 is 23.2 Å². The monoisotopic (exact) mass is 345 g/mol. The highest BCUT2D eigenvalue weighted by atomic mass is 35.5. The van der Waals surface area contributed by atoms with Gasteiger partial charge in [-0.15, -0.1) is 10.2 Å². The smallest absolute Gasteiger partial charge is 0.245 e. The van der Waals surface area contributed by atoms with Crippen LogP contribution in [0.5, 0.6) is 0 Å². The van der Waals surface area contributed by atoms with Gasteiger partial charge in [0.25, 0.3) is 0 Å². The van der Waals surface area contributed by atoms with E-state index in [1.165, 1.54) is 0 Å². The molecule has 1 aromatic heterocycles. The third kappa shape index (κ3) is 2.75. The number of hydrogen-bond donors (Lipinski definition) is 1. The zero-order chi connectivity index (χ0) is 16.7. The predicted molar refractivity (Wildman–Crippen MR) is 92.1 cm³/mol. The summed E-state index contributed by atoms with van der Waals surface area (Å²) >= 11 is 6.04. The summed E-state index contributed by atoms with van der Waals surface area (Å²) in [5.74, 6) is 1.58. The van der Waals surface area contributed by atoms with E-state index < -0.39 is 0 Å². The molecular formula is C17H20ClN5O. The molecule has 0 bridgehead atoms. The topological polar surface area (TPSA) is 63.1 Å². The van der Waals surface area contributed by atoms with E-state index in [0.29, 0.717) is 17.4 Å². The van der Waals surface area contributed by atoms with Crippen molar-refractivity contribution in [3.8, 4) is 0 Å². The molecule has 1 saturated heterocycles. The van der Waals surface area contributed by atoms with Crippen LogP contribution in [0, 0.1) is 0 Å². The van der Waals surface area contributed by atoms with Crippen LogP contribution in [0.3, 0.4) is 0 Å². The minimum Gasteiger partial charge on any atom is -0.373 e. The number of aryl methyl sites for hydroxylation is 1. The number of rotatable bonds is 2. The van der Waals surface area contributed by atoms with Gasteiger partial charge in [0, 0.05) is 43.2 Å². The van der Waals surface area contributed by atoms with Gasteiger partial charge in [-0.05, 0) is 36.6 Å². The van der Waals surface area contributed by atoms with E-state index in [1.54, 1.807) is 6.33 Å². The van der Waals surface area contributed by atoms with Gasteiger partial charge in [0.05, 0.1) is 0 Å². The van der Waals surface area contributed by atoms with E-state index in [-0.39, 0.29) is 11.9 Å². The molecule has 7 heteroatoms. The molecule has 6 nitrogen and oxygen atoms in total. The van der Waals surface area contributed by atoms with Gasteiger partial charge in [-0.25, -0.2) is 0 Å². The molecule has 24 heavy (non-hydrogen) atoms. The van der Waals surface area contributed by atoms with Crippen molar-refractivity contribution in [3.63, 3.8) is 0 Å². The van der Waals surface area contributed by atoms with Gasteiger partial charge in [-0.1, -0.05) is 11.6 Å². The number of amides is 1. The van der Waals surface area contributed by atoms with E-state index in [9.17, 15) is 4.79 Å². The van der Waals surface area contributed by atoms with E-state index in [1.807, 2.05) is 34.7 Å². The van der Waals surface area contributed by atoms with Crippen LogP contribution in [0.15, 0.2) is 24.5 Å². The lowest BCUT2D eigenvalue weighted by molar-refractivity contribution is -0.133. The largest absolute Gasteiger partial charge is 0.373 e. The molecule has 0 aliphatic carbocycles. The van der Waals surface area contributed by atoms with Crippen LogP contribution in [0.25, 0.3) is 0 Å². The van der Waals surface area contributed by atoms with Crippen LogP contribution in [-0.2, 0) is 18.3 Å². The Kier molecular flexibility index (Phi) is 3.92.